The van der Waals surface area contributed by atoms with Gasteiger partial charge in [-0.1, -0.05) is 48.5 Å². The van der Waals surface area contributed by atoms with Crippen molar-refractivity contribution in [1.29, 1.82) is 0 Å². The number of anilines is 1. The minimum Gasteiger partial charge on any atom is -1.00 e. The summed E-state index contributed by atoms with van der Waals surface area (Å²) in [5, 5.41) is 2.64. The fourth-order valence-electron chi connectivity index (χ4n) is 4.75. The number of rotatable bonds is 5. The quantitative estimate of drug-likeness (QED) is 0.374. The molecule has 3 aliphatic rings. The van der Waals surface area contributed by atoms with E-state index in [0.717, 1.165) is 48.2 Å². The van der Waals surface area contributed by atoms with E-state index in [-0.39, 0.29) is 30.3 Å². The molecule has 0 spiro atoms. The normalized spacial score (nSPS) is 22.2. The maximum absolute atomic E-state index is 12.5. The second-order valence-corrected chi connectivity index (χ2v) is 10.4. The number of esters is 1. The summed E-state index contributed by atoms with van der Waals surface area (Å²) < 4.78 is 11.3. The number of ether oxygens (including phenoxy) is 2. The Bertz CT molecular complexity index is 1000. The number of amides is 1. The SMILES string of the molecule is CC(=O)O[C@H]1C[N+]2(CC(=O)c3ccccc3)CCC1CC2.CC(C)(C)OC(=O)Nc1ccccc1.[Cl-]. The number of para-hydroxylation sites is 1. The lowest BCUT2D eigenvalue weighted by atomic mass is 9.83. The number of hydrogen-bond acceptors (Lipinski definition) is 5. The zero-order valence-corrected chi connectivity index (χ0v) is 22.3. The highest BCUT2D eigenvalue weighted by molar-refractivity contribution is 5.97. The summed E-state index contributed by atoms with van der Waals surface area (Å²) in [6.07, 6.45) is 1.68. The van der Waals surface area contributed by atoms with Crippen molar-refractivity contribution >= 4 is 23.5 Å². The summed E-state index contributed by atoms with van der Waals surface area (Å²) >= 11 is 0. The van der Waals surface area contributed by atoms with Crippen LogP contribution in [0.3, 0.4) is 0 Å². The third kappa shape index (κ3) is 8.95. The first-order valence-corrected chi connectivity index (χ1v) is 12.2. The molecule has 1 atom stereocenters. The summed E-state index contributed by atoms with van der Waals surface area (Å²) in [7, 11) is 0. The van der Waals surface area contributed by atoms with Crippen molar-refractivity contribution in [2.24, 2.45) is 5.92 Å². The van der Waals surface area contributed by atoms with Gasteiger partial charge in [0.05, 0.1) is 13.1 Å². The topological polar surface area (TPSA) is 81.7 Å². The van der Waals surface area contributed by atoms with E-state index in [0.29, 0.717) is 12.5 Å². The molecule has 3 fully saturated rings. The van der Waals surface area contributed by atoms with Crippen molar-refractivity contribution in [2.75, 3.05) is 31.5 Å². The van der Waals surface area contributed by atoms with Gasteiger partial charge in [0.15, 0.2) is 6.10 Å². The van der Waals surface area contributed by atoms with Crippen LogP contribution in [0.5, 0.6) is 0 Å². The fourth-order valence-corrected chi connectivity index (χ4v) is 4.75. The number of Topliss-reactive ketones (excluding diaryl/α,β-unsaturated/α-hetero) is 1. The second-order valence-electron chi connectivity index (χ2n) is 10.4. The van der Waals surface area contributed by atoms with Crippen LogP contribution in [0.15, 0.2) is 60.7 Å². The summed E-state index contributed by atoms with van der Waals surface area (Å²) in [5.41, 5.74) is 1.06. The highest BCUT2D eigenvalue weighted by Gasteiger charge is 2.48. The molecular weight excluding hydrogens is 480 g/mol. The van der Waals surface area contributed by atoms with Gasteiger partial charge in [-0.3, -0.25) is 14.9 Å². The number of nitrogens with zero attached hydrogens (tertiary/aromatic N) is 1. The third-order valence-corrected chi connectivity index (χ3v) is 6.35. The number of carbonyl (C=O) groups is 3. The number of benzene rings is 2. The average molecular weight is 517 g/mol. The van der Waals surface area contributed by atoms with Gasteiger partial charge in [-0.2, -0.15) is 0 Å². The molecule has 2 aromatic rings. The number of ketones is 1. The van der Waals surface area contributed by atoms with Crippen molar-refractivity contribution in [2.45, 2.75) is 52.2 Å². The number of halogens is 1. The van der Waals surface area contributed by atoms with E-state index in [4.69, 9.17) is 9.47 Å². The first-order valence-electron chi connectivity index (χ1n) is 12.2. The van der Waals surface area contributed by atoms with Crippen LogP contribution in [0, 0.1) is 5.92 Å². The van der Waals surface area contributed by atoms with Crippen LogP contribution in [0.4, 0.5) is 10.5 Å². The van der Waals surface area contributed by atoms with Crippen LogP contribution in [-0.2, 0) is 14.3 Å². The van der Waals surface area contributed by atoms with Crippen LogP contribution >= 0.6 is 0 Å². The minimum atomic E-state index is -0.459. The molecule has 0 unspecified atom stereocenters. The zero-order chi connectivity index (χ0) is 25.5. The molecule has 3 heterocycles. The highest BCUT2D eigenvalue weighted by atomic mass is 35.5. The Morgan fingerprint density at radius 1 is 0.944 bits per heavy atom. The number of nitrogens with one attached hydrogen (secondary N) is 1. The molecule has 2 bridgehead atoms. The molecule has 0 aromatic heterocycles. The monoisotopic (exact) mass is 516 g/mol. The van der Waals surface area contributed by atoms with Gasteiger partial charge in [0.2, 0.25) is 5.78 Å². The molecular formula is C28H37ClN2O5. The van der Waals surface area contributed by atoms with Crippen molar-refractivity contribution in [3.8, 4) is 0 Å². The fraction of sp³-hybridized carbons (Fsp3) is 0.464. The lowest BCUT2D eigenvalue weighted by Crippen LogP contribution is -3.00. The van der Waals surface area contributed by atoms with Crippen molar-refractivity contribution < 1.29 is 40.7 Å². The molecule has 2 aromatic carbocycles. The van der Waals surface area contributed by atoms with Gasteiger partial charge in [0, 0.05) is 36.9 Å². The van der Waals surface area contributed by atoms with Gasteiger partial charge in [0.1, 0.15) is 18.7 Å². The summed E-state index contributed by atoms with van der Waals surface area (Å²) in [6, 6.07) is 18.7. The van der Waals surface area contributed by atoms with Crippen LogP contribution in [0.1, 0.15) is 50.9 Å². The van der Waals surface area contributed by atoms with Crippen LogP contribution in [0.2, 0.25) is 0 Å². The minimum absolute atomic E-state index is 0. The van der Waals surface area contributed by atoms with Crippen molar-refractivity contribution in [1.82, 2.24) is 0 Å². The van der Waals surface area contributed by atoms with Crippen LogP contribution in [0.25, 0.3) is 0 Å². The van der Waals surface area contributed by atoms with E-state index in [1.807, 2.05) is 81.4 Å². The Balaban J connectivity index is 0.000000268. The molecule has 36 heavy (non-hydrogen) atoms. The number of hydrogen-bond donors (Lipinski definition) is 1. The molecule has 3 saturated heterocycles. The van der Waals surface area contributed by atoms with E-state index >= 15 is 0 Å². The summed E-state index contributed by atoms with van der Waals surface area (Å²) in [4.78, 5) is 35.0. The number of quaternary nitrogens is 1. The lowest BCUT2D eigenvalue weighted by molar-refractivity contribution is -0.938. The highest BCUT2D eigenvalue weighted by Crippen LogP contribution is 2.35. The van der Waals surface area contributed by atoms with Gasteiger partial charge in [0.25, 0.3) is 0 Å². The lowest BCUT2D eigenvalue weighted by Gasteiger charge is -2.51. The molecule has 1 N–H and O–H groups in total. The van der Waals surface area contributed by atoms with E-state index in [9.17, 15) is 14.4 Å². The van der Waals surface area contributed by atoms with Gasteiger partial charge >= 0.3 is 12.1 Å². The smallest absolute Gasteiger partial charge is 0.412 e. The molecule has 0 aliphatic carbocycles. The van der Waals surface area contributed by atoms with Crippen LogP contribution < -0.4 is 17.7 Å². The molecule has 5 rings (SSSR count). The van der Waals surface area contributed by atoms with Gasteiger partial charge in [-0.15, -0.1) is 0 Å². The Hall–Kier alpha value is -2.90. The number of fused-ring (bicyclic) bond motifs is 3. The Morgan fingerprint density at radius 2 is 1.50 bits per heavy atom. The van der Waals surface area contributed by atoms with Gasteiger partial charge in [-0.05, 0) is 32.9 Å². The van der Waals surface area contributed by atoms with Gasteiger partial charge in [-0.25, -0.2) is 4.79 Å². The van der Waals surface area contributed by atoms with Gasteiger partial charge < -0.3 is 26.4 Å². The maximum atomic E-state index is 12.5. The third-order valence-electron chi connectivity index (χ3n) is 6.35. The van der Waals surface area contributed by atoms with Crippen molar-refractivity contribution in [3.05, 3.63) is 66.2 Å². The Kier molecular flexibility index (Phi) is 10.5. The molecule has 7 nitrogen and oxygen atoms in total. The second kappa shape index (κ2) is 12.9. The molecule has 8 heteroatoms. The zero-order valence-electron chi connectivity index (χ0n) is 21.5. The standard InChI is InChI=1S/C17H22NO3.C11H15NO2.ClH/c1-13(19)21-17-12-18(9-7-15(17)8-10-18)11-16(20)14-5-3-2-4-6-14;1-11(2,3)14-10(13)12-9-7-5-4-6-8-9;/h2-6,15,17H,7-12H2,1H3;4-8H,1-3H3,(H,12,13);1H/q+1;;/p-1/t15?,17-,18?;;/m0../s1. The van der Waals surface area contributed by atoms with Crippen LogP contribution in [-0.4, -0.2) is 60.2 Å². The van der Waals surface area contributed by atoms with E-state index in [2.05, 4.69) is 5.32 Å². The largest absolute Gasteiger partial charge is 1.00 e. The van der Waals surface area contributed by atoms with E-state index in [1.54, 1.807) is 0 Å². The maximum Gasteiger partial charge on any atom is 0.412 e. The first-order chi connectivity index (χ1) is 16.6. The van der Waals surface area contributed by atoms with E-state index < -0.39 is 11.7 Å². The predicted molar refractivity (Wildman–Crippen MR) is 135 cm³/mol. The summed E-state index contributed by atoms with van der Waals surface area (Å²) in [5.74, 6) is 0.472. The Labute approximate surface area is 220 Å². The molecule has 196 valence electrons. The first kappa shape index (κ1) is 29.3. The number of piperidine rings is 3. The van der Waals surface area contributed by atoms with E-state index in [1.165, 1.54) is 6.92 Å². The molecule has 1 amide bonds. The number of carbonyl (C=O) groups excluding carboxylic acids is 3. The van der Waals surface area contributed by atoms with Crippen molar-refractivity contribution in [3.63, 3.8) is 0 Å². The predicted octanol–water partition coefficient (Wildman–Crippen LogP) is 2.08. The Morgan fingerprint density at radius 3 is 2.03 bits per heavy atom. The molecule has 0 radical (unpaired) electrons. The summed E-state index contributed by atoms with van der Waals surface area (Å²) in [6.45, 7) is 10.3. The molecule has 3 aliphatic heterocycles. The molecule has 0 saturated carbocycles. The average Bonchev–Trinajstić information content (AvgIpc) is 2.79.